The van der Waals surface area contributed by atoms with Gasteiger partial charge in [-0.15, -0.1) is 0 Å². The van der Waals surface area contributed by atoms with Crippen LogP contribution >= 0.6 is 0 Å². The Labute approximate surface area is 195 Å². The van der Waals surface area contributed by atoms with Crippen LogP contribution in [0.5, 0.6) is 0 Å². The molecule has 6 nitrogen and oxygen atoms in total. The third-order valence-corrected chi connectivity index (χ3v) is 5.83. The number of carbonyl (C=O) groups excluding carboxylic acids is 1. The molecular weight excluding hydrogens is 511 g/mol. The summed E-state index contributed by atoms with van der Waals surface area (Å²) in [5.41, 5.74) is -5.32. The number of hydrogen-bond donors (Lipinski definition) is 0. The van der Waals surface area contributed by atoms with Crippen molar-refractivity contribution in [3.63, 3.8) is 0 Å². The molecule has 1 aliphatic rings. The van der Waals surface area contributed by atoms with Crippen LogP contribution < -0.4 is 0 Å². The molecule has 2 aromatic rings. The zero-order valence-electron chi connectivity index (χ0n) is 17.9. The monoisotopic (exact) mass is 529 g/mol. The minimum Gasteiger partial charge on any atom is -0.348 e. The van der Waals surface area contributed by atoms with Crippen molar-refractivity contribution in [2.75, 3.05) is 26.1 Å². The van der Waals surface area contributed by atoms with Gasteiger partial charge < -0.3 is 9.64 Å². The summed E-state index contributed by atoms with van der Waals surface area (Å²) < 4.78 is 126. The molecule has 1 amide bonds. The highest BCUT2D eigenvalue weighted by atomic mass is 32.2. The molecule has 0 aliphatic carbocycles. The van der Waals surface area contributed by atoms with Gasteiger partial charge in [-0.05, 0) is 35.9 Å². The first-order chi connectivity index (χ1) is 16.0. The predicted molar refractivity (Wildman–Crippen MR) is 107 cm³/mol. The summed E-state index contributed by atoms with van der Waals surface area (Å²) >= 11 is 0. The van der Waals surface area contributed by atoms with Gasteiger partial charge in [0.2, 0.25) is 0 Å². The van der Waals surface area contributed by atoms with Crippen molar-refractivity contribution in [3.8, 4) is 0 Å². The zero-order chi connectivity index (χ0) is 26.2. The molecule has 1 saturated heterocycles. The van der Waals surface area contributed by atoms with Crippen LogP contribution in [-0.2, 0) is 37.0 Å². The lowest BCUT2D eigenvalue weighted by Crippen LogP contribution is -2.36. The van der Waals surface area contributed by atoms with Crippen LogP contribution in [0.2, 0.25) is 0 Å². The Morgan fingerprint density at radius 2 is 1.57 bits per heavy atom. The Balaban J connectivity index is 1.95. The first kappa shape index (κ1) is 26.9. The topological polar surface area (TPSA) is 72.9 Å². The van der Waals surface area contributed by atoms with Crippen LogP contribution in [0.25, 0.3) is 0 Å². The van der Waals surface area contributed by atoms with Crippen molar-refractivity contribution in [3.05, 3.63) is 70.5 Å². The number of alkyl halides is 6. The fourth-order valence-corrected chi connectivity index (χ4v) is 3.96. The van der Waals surface area contributed by atoms with Gasteiger partial charge in [-0.1, -0.05) is 12.1 Å². The van der Waals surface area contributed by atoms with Gasteiger partial charge >= 0.3 is 12.4 Å². The second-order valence-corrected chi connectivity index (χ2v) is 9.49. The highest BCUT2D eigenvalue weighted by Gasteiger charge is 2.44. The molecule has 2 aromatic carbocycles. The first-order valence-electron chi connectivity index (χ1n) is 9.83. The fraction of sp³-hybridized carbons (Fsp3) is 0.381. The Hall–Kier alpha value is -2.71. The normalized spacial score (nSPS) is 19.3. The summed E-state index contributed by atoms with van der Waals surface area (Å²) in [5.74, 6) is -1.78. The third kappa shape index (κ3) is 6.49. The highest BCUT2D eigenvalue weighted by Crippen LogP contribution is 2.39. The third-order valence-electron chi connectivity index (χ3n) is 5.24. The maximum absolute atomic E-state index is 13.4. The highest BCUT2D eigenvalue weighted by molar-refractivity contribution is 7.85. The number of nitrogens with zero attached hydrogens (tertiary/aromatic N) is 1. The van der Waals surface area contributed by atoms with E-state index in [9.17, 15) is 43.9 Å². The molecule has 192 valence electrons. The van der Waals surface area contributed by atoms with E-state index in [1.54, 1.807) is 0 Å². The maximum Gasteiger partial charge on any atom is 0.416 e. The summed E-state index contributed by atoms with van der Waals surface area (Å²) in [4.78, 5) is 13.8. The number of rotatable bonds is 6. The Bertz CT molecular complexity index is 1160. The average Bonchev–Trinajstić information content (AvgIpc) is 3.16. The summed E-state index contributed by atoms with van der Waals surface area (Å²) in [5, 5.41) is 0. The van der Waals surface area contributed by atoms with Crippen molar-refractivity contribution < 1.29 is 52.9 Å². The van der Waals surface area contributed by atoms with Crippen molar-refractivity contribution in [1.82, 2.24) is 4.90 Å². The Kier molecular flexibility index (Phi) is 7.21. The van der Waals surface area contributed by atoms with Crippen LogP contribution in [0, 0.1) is 5.82 Å². The molecule has 0 saturated carbocycles. The van der Waals surface area contributed by atoms with Crippen molar-refractivity contribution in [1.29, 1.82) is 0 Å². The van der Waals surface area contributed by atoms with Gasteiger partial charge in [-0.2, -0.15) is 34.8 Å². The van der Waals surface area contributed by atoms with Gasteiger partial charge in [-0.25, -0.2) is 4.39 Å². The molecule has 1 aliphatic heterocycles. The Morgan fingerprint density at radius 1 is 1.03 bits per heavy atom. The Morgan fingerprint density at radius 3 is 2.06 bits per heavy atom. The van der Waals surface area contributed by atoms with Gasteiger partial charge in [0.1, 0.15) is 18.1 Å². The van der Waals surface area contributed by atoms with E-state index in [4.69, 9.17) is 8.92 Å². The lowest BCUT2D eigenvalue weighted by atomic mass is 9.90. The van der Waals surface area contributed by atoms with Crippen molar-refractivity contribution in [2.24, 2.45) is 0 Å². The lowest BCUT2D eigenvalue weighted by molar-refractivity contribution is -0.143. The van der Waals surface area contributed by atoms with E-state index in [-0.39, 0.29) is 19.0 Å². The molecule has 0 spiro atoms. The minimum atomic E-state index is -5.14. The van der Waals surface area contributed by atoms with E-state index < -0.39 is 69.8 Å². The molecule has 1 fully saturated rings. The van der Waals surface area contributed by atoms with E-state index in [1.807, 2.05) is 0 Å². The van der Waals surface area contributed by atoms with E-state index >= 15 is 0 Å². The SMILES string of the molecule is CS(=O)(=O)OCCC1(c2ccc(F)cc2)CN(C(=O)c2cc(C(F)(F)F)cc(C(F)(F)F)c2)CO1. The smallest absolute Gasteiger partial charge is 0.348 e. The van der Waals surface area contributed by atoms with Crippen LogP contribution in [0.1, 0.15) is 33.5 Å². The summed E-state index contributed by atoms with van der Waals surface area (Å²) in [7, 11) is -3.85. The predicted octanol–water partition coefficient (Wildman–Crippen LogP) is 4.56. The zero-order valence-corrected chi connectivity index (χ0v) is 18.7. The summed E-state index contributed by atoms with van der Waals surface area (Å²) in [6, 6.07) is 5.27. The van der Waals surface area contributed by atoms with E-state index in [0.717, 1.165) is 23.3 Å². The summed E-state index contributed by atoms with van der Waals surface area (Å²) in [6.45, 7) is -1.32. The molecule has 0 bridgehead atoms. The first-order valence-corrected chi connectivity index (χ1v) is 11.6. The van der Waals surface area contributed by atoms with Crippen molar-refractivity contribution >= 4 is 16.0 Å². The van der Waals surface area contributed by atoms with E-state index in [1.165, 1.54) is 12.1 Å². The van der Waals surface area contributed by atoms with Gasteiger partial charge in [0.25, 0.3) is 16.0 Å². The minimum absolute atomic E-state index is 0.0946. The summed E-state index contributed by atoms with van der Waals surface area (Å²) in [6.07, 6.45) is -9.65. The van der Waals surface area contributed by atoms with Crippen LogP contribution in [0.3, 0.4) is 0 Å². The number of benzene rings is 2. The number of carbonyl (C=O) groups is 1. The second-order valence-electron chi connectivity index (χ2n) is 7.85. The largest absolute Gasteiger partial charge is 0.416 e. The molecule has 0 radical (unpaired) electrons. The van der Waals surface area contributed by atoms with Crippen molar-refractivity contribution in [2.45, 2.75) is 24.4 Å². The van der Waals surface area contributed by atoms with E-state index in [2.05, 4.69) is 0 Å². The number of hydrogen-bond acceptors (Lipinski definition) is 5. The molecule has 14 heteroatoms. The maximum atomic E-state index is 13.4. The quantitative estimate of drug-likeness (QED) is 0.406. The van der Waals surface area contributed by atoms with Gasteiger partial charge in [-0.3, -0.25) is 8.98 Å². The van der Waals surface area contributed by atoms with Crippen LogP contribution in [0.4, 0.5) is 30.7 Å². The lowest BCUT2D eigenvalue weighted by Gasteiger charge is -2.28. The standard InChI is InChI=1S/C21H18F7NO5S/c1-35(31,32)34-7-6-19(14-2-4-17(22)5-3-14)11-29(12-33-19)18(30)13-8-15(20(23,24)25)10-16(9-13)21(26,27)28/h2-5,8-10H,6-7,11-12H2,1H3. The number of amides is 1. The average molecular weight is 529 g/mol. The molecule has 35 heavy (non-hydrogen) atoms. The molecule has 1 atom stereocenters. The molecular formula is C21H18F7NO5S. The van der Waals surface area contributed by atoms with Crippen LogP contribution in [-0.4, -0.2) is 45.4 Å². The van der Waals surface area contributed by atoms with E-state index in [0.29, 0.717) is 17.7 Å². The molecule has 0 N–H and O–H groups in total. The second kappa shape index (κ2) is 9.39. The fourth-order valence-electron chi connectivity index (χ4n) is 3.57. The van der Waals surface area contributed by atoms with Gasteiger partial charge in [0.05, 0.1) is 30.5 Å². The molecule has 0 aromatic heterocycles. The number of halogens is 7. The molecule has 1 heterocycles. The van der Waals surface area contributed by atoms with Crippen LogP contribution in [0.15, 0.2) is 42.5 Å². The molecule has 1 unspecified atom stereocenters. The molecule has 3 rings (SSSR count). The van der Waals surface area contributed by atoms with Gasteiger partial charge in [0, 0.05) is 12.0 Å². The van der Waals surface area contributed by atoms with Gasteiger partial charge in [0.15, 0.2) is 0 Å². The number of ether oxygens (including phenoxy) is 1.